The first-order chi connectivity index (χ1) is 22.4. The second kappa shape index (κ2) is 14.9. The summed E-state index contributed by atoms with van der Waals surface area (Å²) >= 11 is 0. The monoisotopic (exact) mass is 691 g/mol. The van der Waals surface area contributed by atoms with Gasteiger partial charge in [0.1, 0.15) is 11.7 Å². The van der Waals surface area contributed by atoms with Gasteiger partial charge in [0.05, 0.1) is 18.6 Å². The lowest BCUT2D eigenvalue weighted by Gasteiger charge is -2.31. The maximum atomic E-state index is 14.9. The van der Waals surface area contributed by atoms with Gasteiger partial charge in [0.25, 0.3) is 10.0 Å². The van der Waals surface area contributed by atoms with Gasteiger partial charge in [-0.05, 0) is 67.6 Å². The van der Waals surface area contributed by atoms with Gasteiger partial charge in [0.15, 0.2) is 10.8 Å². The summed E-state index contributed by atoms with van der Waals surface area (Å²) in [7, 11) is -4.12. The van der Waals surface area contributed by atoms with Crippen LogP contribution in [0.15, 0.2) is 78.0 Å². The van der Waals surface area contributed by atoms with Crippen LogP contribution in [0.3, 0.4) is 0 Å². The Balaban J connectivity index is 1.53. The summed E-state index contributed by atoms with van der Waals surface area (Å²) < 4.78 is 85.3. The molecule has 3 aromatic rings. The molecule has 0 spiro atoms. The highest BCUT2D eigenvalue weighted by molar-refractivity contribution is 7.89. The Kier molecular flexibility index (Phi) is 11.4. The Bertz CT molecular complexity index is 1710. The van der Waals surface area contributed by atoms with Crippen LogP contribution in [0.2, 0.25) is 0 Å². The maximum Gasteiger partial charge on any atom is 0.407 e. The van der Waals surface area contributed by atoms with Crippen molar-refractivity contribution >= 4 is 33.3 Å². The summed E-state index contributed by atoms with van der Waals surface area (Å²) in [5, 5.41) is 7.13. The molecule has 1 saturated heterocycles. The number of carbonyl (C=O) groups is 3. The molecule has 2 amide bonds. The normalized spacial score (nSPS) is 17.6. The van der Waals surface area contributed by atoms with Crippen molar-refractivity contribution in [3.8, 4) is 11.1 Å². The molecule has 2 heterocycles. The summed E-state index contributed by atoms with van der Waals surface area (Å²) in [4.78, 5) is 41.9. The second-order valence-electron chi connectivity index (χ2n) is 12.2. The molecule has 1 unspecified atom stereocenters. The fourth-order valence-electron chi connectivity index (χ4n) is 5.40. The number of rotatable bonds is 11. The first-order valence-electron chi connectivity index (χ1n) is 15.2. The summed E-state index contributed by atoms with van der Waals surface area (Å²) in [6, 6.07) is 11.2. The van der Waals surface area contributed by atoms with E-state index in [4.69, 9.17) is 0 Å². The molecule has 258 valence electrons. The summed E-state index contributed by atoms with van der Waals surface area (Å²) in [5.74, 6) is -1.97. The predicted octanol–water partition coefficient (Wildman–Crippen LogP) is 4.95. The second-order valence-corrected chi connectivity index (χ2v) is 14.1. The minimum atomic E-state index is -4.90. The van der Waals surface area contributed by atoms with Crippen molar-refractivity contribution in [2.24, 2.45) is 0 Å². The highest BCUT2D eigenvalue weighted by atomic mass is 32.2. The van der Waals surface area contributed by atoms with Gasteiger partial charge in [-0.2, -0.15) is 17.5 Å². The van der Waals surface area contributed by atoms with Gasteiger partial charge in [-0.3, -0.25) is 19.7 Å². The van der Waals surface area contributed by atoms with Crippen LogP contribution in [0.25, 0.3) is 11.1 Å². The molecule has 10 nitrogen and oxygen atoms in total. The third kappa shape index (κ3) is 9.67. The number of benzene rings is 2. The Labute approximate surface area is 276 Å². The molecule has 48 heavy (non-hydrogen) atoms. The van der Waals surface area contributed by atoms with Crippen molar-refractivity contribution in [3.63, 3.8) is 0 Å². The number of nitrogens with zero attached hydrogens (tertiary/aromatic N) is 2. The molecular formula is C33H37F4N5O5S. The first kappa shape index (κ1) is 36.6. The van der Waals surface area contributed by atoms with E-state index < -0.39 is 64.6 Å². The number of pyridine rings is 1. The summed E-state index contributed by atoms with van der Waals surface area (Å²) in [6.07, 6.45) is -4.06. The largest absolute Gasteiger partial charge is 0.407 e. The van der Waals surface area contributed by atoms with Crippen LogP contribution in [-0.2, 0) is 24.4 Å². The molecule has 15 heteroatoms. The maximum absolute atomic E-state index is 14.9. The van der Waals surface area contributed by atoms with Crippen molar-refractivity contribution in [2.75, 3.05) is 18.4 Å². The first-order valence-corrected chi connectivity index (χ1v) is 16.6. The van der Waals surface area contributed by atoms with Crippen LogP contribution in [0, 0.1) is 0 Å². The Morgan fingerprint density at radius 1 is 1.00 bits per heavy atom. The number of carbonyl (C=O) groups excluding carboxylic acids is 3. The van der Waals surface area contributed by atoms with Gasteiger partial charge in [0, 0.05) is 31.8 Å². The van der Waals surface area contributed by atoms with Gasteiger partial charge in [0.2, 0.25) is 11.8 Å². The standard InChI is InChI=1S/C33H37F4N5O5S/c1-21(43)39-25-9-6-8-24(18-25)22-12-14-23(15-13-22)30(33(35,36)37)40-27(19-32(2,3)34)31(45)41-26-10-7-17-42(20-28(26)44)48(46,47)29-11-4-5-16-38-29/h4-6,8-9,11-16,18,26-27,30,40H,7,10,17,19-20H2,1-3H3,(H,39,43)(H,41,45)/t26?,27-,30-/m0/s1. The van der Waals surface area contributed by atoms with Crippen LogP contribution in [-0.4, -0.2) is 72.3 Å². The third-order valence-corrected chi connectivity index (χ3v) is 9.40. The number of Topliss-reactive ketones (excluding diaryl/α,β-unsaturated/α-hetero) is 1. The van der Waals surface area contributed by atoms with Crippen molar-refractivity contribution in [1.82, 2.24) is 19.9 Å². The van der Waals surface area contributed by atoms with Crippen molar-refractivity contribution in [2.45, 2.75) is 75.0 Å². The summed E-state index contributed by atoms with van der Waals surface area (Å²) in [5.41, 5.74) is -0.595. The fourth-order valence-corrected chi connectivity index (χ4v) is 6.78. The number of aromatic nitrogens is 1. The van der Waals surface area contributed by atoms with E-state index in [1.807, 2.05) is 0 Å². The Hall–Kier alpha value is -4.21. The zero-order valence-corrected chi connectivity index (χ0v) is 27.4. The fraction of sp³-hybridized carbons (Fsp3) is 0.394. The van der Waals surface area contributed by atoms with Gasteiger partial charge in [-0.1, -0.05) is 42.5 Å². The zero-order valence-electron chi connectivity index (χ0n) is 26.6. The minimum Gasteiger partial charge on any atom is -0.345 e. The van der Waals surface area contributed by atoms with E-state index in [2.05, 4.69) is 20.9 Å². The Morgan fingerprint density at radius 2 is 1.71 bits per heavy atom. The molecule has 1 aliphatic heterocycles. The molecule has 0 saturated carbocycles. The molecule has 1 aliphatic rings. The van der Waals surface area contributed by atoms with Crippen molar-refractivity contribution in [3.05, 3.63) is 78.5 Å². The number of hydrogen-bond donors (Lipinski definition) is 3. The number of halogens is 4. The summed E-state index contributed by atoms with van der Waals surface area (Å²) in [6.45, 7) is 2.97. The van der Waals surface area contributed by atoms with E-state index in [0.29, 0.717) is 16.8 Å². The van der Waals surface area contributed by atoms with Crippen LogP contribution in [0.4, 0.5) is 23.2 Å². The van der Waals surface area contributed by atoms with Gasteiger partial charge in [-0.15, -0.1) is 0 Å². The van der Waals surface area contributed by atoms with E-state index in [0.717, 1.165) is 18.2 Å². The number of sulfonamides is 1. The van der Waals surface area contributed by atoms with Crippen LogP contribution < -0.4 is 16.0 Å². The average molecular weight is 692 g/mol. The number of ketones is 1. The lowest BCUT2D eigenvalue weighted by atomic mass is 9.96. The molecule has 3 N–H and O–H groups in total. The highest BCUT2D eigenvalue weighted by Gasteiger charge is 2.44. The van der Waals surface area contributed by atoms with E-state index in [1.165, 1.54) is 55.6 Å². The topological polar surface area (TPSA) is 138 Å². The molecule has 1 fully saturated rings. The van der Waals surface area contributed by atoms with Crippen LogP contribution in [0.1, 0.15) is 51.6 Å². The SMILES string of the molecule is CC(=O)Nc1cccc(-c2ccc([C@H](N[C@@H](CC(C)(C)F)C(=O)NC3CCCN(S(=O)(=O)c4ccccn4)CC3=O)C(F)(F)F)cc2)c1. The highest BCUT2D eigenvalue weighted by Crippen LogP contribution is 2.35. The van der Waals surface area contributed by atoms with Crippen molar-refractivity contribution < 1.29 is 40.4 Å². The van der Waals surface area contributed by atoms with E-state index >= 15 is 0 Å². The average Bonchev–Trinajstić information content (AvgIpc) is 3.19. The van der Waals surface area contributed by atoms with Gasteiger partial charge >= 0.3 is 6.18 Å². The lowest BCUT2D eigenvalue weighted by molar-refractivity contribution is -0.162. The van der Waals surface area contributed by atoms with E-state index in [1.54, 1.807) is 24.3 Å². The molecule has 3 atom stereocenters. The molecule has 0 aliphatic carbocycles. The number of hydrogen-bond acceptors (Lipinski definition) is 7. The number of amides is 2. The quantitative estimate of drug-likeness (QED) is 0.242. The number of alkyl halides is 4. The molecule has 4 rings (SSSR count). The number of anilines is 1. The van der Waals surface area contributed by atoms with Crippen molar-refractivity contribution in [1.29, 1.82) is 0 Å². The molecule has 0 bridgehead atoms. The smallest absolute Gasteiger partial charge is 0.345 e. The molecule has 2 aromatic carbocycles. The van der Waals surface area contributed by atoms with Crippen LogP contribution in [0.5, 0.6) is 0 Å². The van der Waals surface area contributed by atoms with E-state index in [-0.39, 0.29) is 35.9 Å². The minimum absolute atomic E-state index is 0.0256. The number of nitrogens with one attached hydrogen (secondary N) is 3. The predicted molar refractivity (Wildman–Crippen MR) is 171 cm³/mol. The van der Waals surface area contributed by atoms with Crippen LogP contribution >= 0.6 is 0 Å². The lowest BCUT2D eigenvalue weighted by Crippen LogP contribution is -2.54. The van der Waals surface area contributed by atoms with Gasteiger partial charge < -0.3 is 10.6 Å². The third-order valence-electron chi connectivity index (χ3n) is 7.64. The molecular weight excluding hydrogens is 654 g/mol. The Morgan fingerprint density at radius 3 is 2.31 bits per heavy atom. The van der Waals surface area contributed by atoms with E-state index in [9.17, 15) is 40.4 Å². The molecule has 1 aromatic heterocycles. The van der Waals surface area contributed by atoms with Gasteiger partial charge in [-0.25, -0.2) is 17.8 Å². The molecule has 0 radical (unpaired) electrons. The zero-order chi connectivity index (χ0) is 35.3.